The van der Waals surface area contributed by atoms with Gasteiger partial charge in [-0.05, 0) is 44.4 Å². The number of carbonyl (C=O) groups excluding carboxylic acids is 1. The summed E-state index contributed by atoms with van der Waals surface area (Å²) in [6.45, 7) is 1.21. The summed E-state index contributed by atoms with van der Waals surface area (Å²) < 4.78 is 37.7. The lowest BCUT2D eigenvalue weighted by Crippen LogP contribution is -2.31. The van der Waals surface area contributed by atoms with Crippen LogP contribution in [0.2, 0.25) is 0 Å². The van der Waals surface area contributed by atoms with Crippen molar-refractivity contribution in [2.45, 2.75) is 6.18 Å². The molecule has 0 spiro atoms. The molecule has 1 aromatic heterocycles. The number of alkyl halides is 3. The van der Waals surface area contributed by atoms with E-state index in [0.29, 0.717) is 30.0 Å². The van der Waals surface area contributed by atoms with E-state index in [1.165, 1.54) is 24.5 Å². The Bertz CT molecular complexity index is 715. The molecule has 25 heavy (non-hydrogen) atoms. The number of hydrogen-bond acceptors (Lipinski definition) is 4. The Morgan fingerprint density at radius 1 is 1.12 bits per heavy atom. The summed E-state index contributed by atoms with van der Waals surface area (Å²) in [5, 5.41) is 5.71. The summed E-state index contributed by atoms with van der Waals surface area (Å²) in [5.41, 5.74) is 0.640. The Morgan fingerprint density at radius 3 is 2.40 bits per heavy atom. The number of likely N-dealkylation sites (N-methyl/N-ethyl adjacent to an activating group) is 1. The Morgan fingerprint density at radius 2 is 1.80 bits per heavy atom. The second-order valence-corrected chi connectivity index (χ2v) is 5.72. The molecule has 1 heterocycles. The molecule has 2 aromatic rings. The number of benzene rings is 1. The summed E-state index contributed by atoms with van der Waals surface area (Å²) in [6, 6.07) is 6.23. The topological polar surface area (TPSA) is 57.3 Å². The van der Waals surface area contributed by atoms with Crippen molar-refractivity contribution in [1.82, 2.24) is 15.2 Å². The van der Waals surface area contributed by atoms with Gasteiger partial charge in [-0.2, -0.15) is 13.2 Å². The third kappa shape index (κ3) is 5.75. The molecule has 0 aliphatic rings. The second kappa shape index (κ2) is 7.98. The molecule has 134 valence electrons. The van der Waals surface area contributed by atoms with Crippen LogP contribution in [0.5, 0.6) is 0 Å². The summed E-state index contributed by atoms with van der Waals surface area (Å²) in [7, 11) is 3.81. The third-order valence-corrected chi connectivity index (χ3v) is 3.35. The first-order valence-corrected chi connectivity index (χ1v) is 7.58. The molecule has 1 amide bonds. The number of rotatable bonds is 6. The molecule has 0 saturated carbocycles. The molecule has 2 rings (SSSR count). The van der Waals surface area contributed by atoms with Gasteiger partial charge in [0.2, 0.25) is 0 Å². The van der Waals surface area contributed by atoms with Gasteiger partial charge in [-0.15, -0.1) is 0 Å². The van der Waals surface area contributed by atoms with E-state index >= 15 is 0 Å². The predicted octanol–water partition coefficient (Wildman–Crippen LogP) is 3.14. The minimum Gasteiger partial charge on any atom is -0.354 e. The number of halogens is 3. The van der Waals surface area contributed by atoms with Gasteiger partial charge >= 0.3 is 6.18 Å². The van der Waals surface area contributed by atoms with Gasteiger partial charge in [0.05, 0.1) is 23.0 Å². The first-order valence-electron chi connectivity index (χ1n) is 7.58. The molecule has 0 unspecified atom stereocenters. The van der Waals surface area contributed by atoms with E-state index in [-0.39, 0.29) is 5.91 Å². The lowest BCUT2D eigenvalue weighted by Gasteiger charge is -2.12. The van der Waals surface area contributed by atoms with Crippen LogP contribution < -0.4 is 10.6 Å². The number of nitrogens with zero attached hydrogens (tertiary/aromatic N) is 2. The van der Waals surface area contributed by atoms with Gasteiger partial charge in [0.1, 0.15) is 0 Å². The highest BCUT2D eigenvalue weighted by molar-refractivity contribution is 5.94. The Labute approximate surface area is 143 Å². The van der Waals surface area contributed by atoms with E-state index < -0.39 is 11.7 Å². The largest absolute Gasteiger partial charge is 0.416 e. The maximum Gasteiger partial charge on any atom is 0.416 e. The highest BCUT2D eigenvalue weighted by Gasteiger charge is 2.29. The van der Waals surface area contributed by atoms with Crippen molar-refractivity contribution in [3.05, 3.63) is 53.9 Å². The Balaban J connectivity index is 2.02. The van der Waals surface area contributed by atoms with Crippen molar-refractivity contribution in [2.75, 3.05) is 32.5 Å². The molecular weight excluding hydrogens is 333 g/mol. The number of nitrogens with one attached hydrogen (secondary N) is 2. The summed E-state index contributed by atoms with van der Waals surface area (Å²) in [4.78, 5) is 18.0. The predicted molar refractivity (Wildman–Crippen MR) is 89.9 cm³/mol. The zero-order valence-electron chi connectivity index (χ0n) is 13.9. The van der Waals surface area contributed by atoms with Gasteiger partial charge in [-0.25, -0.2) is 0 Å². The molecular formula is C17H19F3N4O. The fraction of sp³-hybridized carbons (Fsp3) is 0.294. The molecule has 1 aromatic carbocycles. The van der Waals surface area contributed by atoms with Gasteiger partial charge in [0.15, 0.2) is 0 Å². The van der Waals surface area contributed by atoms with Crippen molar-refractivity contribution >= 4 is 17.3 Å². The lowest BCUT2D eigenvalue weighted by molar-refractivity contribution is -0.137. The summed E-state index contributed by atoms with van der Waals surface area (Å²) in [5.74, 6) is -0.259. The second-order valence-electron chi connectivity index (χ2n) is 5.72. The molecule has 0 saturated heterocycles. The fourth-order valence-electron chi connectivity index (χ4n) is 2.04. The van der Waals surface area contributed by atoms with Gasteiger partial charge in [-0.3, -0.25) is 9.78 Å². The smallest absolute Gasteiger partial charge is 0.354 e. The molecule has 0 fully saturated rings. The highest BCUT2D eigenvalue weighted by Crippen LogP contribution is 2.30. The lowest BCUT2D eigenvalue weighted by atomic mass is 10.2. The zero-order valence-corrected chi connectivity index (χ0v) is 13.9. The summed E-state index contributed by atoms with van der Waals surface area (Å²) in [6.07, 6.45) is -1.44. The SMILES string of the molecule is CN(C)CCNC(=O)c1cncc(Nc2ccc(C(F)(F)F)cc2)c1. The maximum absolute atomic E-state index is 12.6. The molecule has 0 aliphatic heterocycles. The minimum absolute atomic E-state index is 0.259. The number of carbonyl (C=O) groups is 1. The van der Waals surface area contributed by atoms with Gasteiger partial charge in [-0.1, -0.05) is 0 Å². The monoisotopic (exact) mass is 352 g/mol. The van der Waals surface area contributed by atoms with Crippen molar-refractivity contribution < 1.29 is 18.0 Å². The summed E-state index contributed by atoms with van der Waals surface area (Å²) >= 11 is 0. The molecule has 0 radical (unpaired) electrons. The first-order chi connectivity index (χ1) is 11.8. The average Bonchev–Trinajstić information content (AvgIpc) is 2.54. The van der Waals surface area contributed by atoms with Crippen LogP contribution in [0.1, 0.15) is 15.9 Å². The van der Waals surface area contributed by atoms with Crippen LogP contribution in [0.3, 0.4) is 0 Å². The van der Waals surface area contributed by atoms with Crippen LogP contribution in [-0.2, 0) is 6.18 Å². The van der Waals surface area contributed by atoms with Gasteiger partial charge in [0.25, 0.3) is 5.91 Å². The van der Waals surface area contributed by atoms with E-state index in [4.69, 9.17) is 0 Å². The molecule has 8 heteroatoms. The Hall–Kier alpha value is -2.61. The standard InChI is InChI=1S/C17H19F3N4O/c1-24(2)8-7-22-16(25)12-9-15(11-21-10-12)23-14-5-3-13(4-6-14)17(18,19)20/h3-6,9-11,23H,7-8H2,1-2H3,(H,22,25). The van der Waals surface area contributed by atoms with Crippen LogP contribution in [-0.4, -0.2) is 43.0 Å². The van der Waals surface area contributed by atoms with Crippen molar-refractivity contribution in [3.63, 3.8) is 0 Å². The van der Waals surface area contributed by atoms with Crippen molar-refractivity contribution in [1.29, 1.82) is 0 Å². The molecule has 5 nitrogen and oxygen atoms in total. The van der Waals surface area contributed by atoms with Crippen molar-refractivity contribution in [3.8, 4) is 0 Å². The van der Waals surface area contributed by atoms with Crippen LogP contribution >= 0.6 is 0 Å². The van der Waals surface area contributed by atoms with Gasteiger partial charge in [0, 0.05) is 25.0 Å². The third-order valence-electron chi connectivity index (χ3n) is 3.35. The number of amides is 1. The molecule has 0 atom stereocenters. The van der Waals surface area contributed by atoms with E-state index in [9.17, 15) is 18.0 Å². The van der Waals surface area contributed by atoms with E-state index in [1.807, 2.05) is 19.0 Å². The molecule has 0 aliphatic carbocycles. The normalized spacial score (nSPS) is 11.4. The first kappa shape index (κ1) is 18.7. The van der Waals surface area contributed by atoms with E-state index in [1.54, 1.807) is 6.07 Å². The van der Waals surface area contributed by atoms with E-state index in [0.717, 1.165) is 12.1 Å². The van der Waals surface area contributed by atoms with Crippen molar-refractivity contribution in [2.24, 2.45) is 0 Å². The van der Waals surface area contributed by atoms with Gasteiger partial charge < -0.3 is 15.5 Å². The fourth-order valence-corrected chi connectivity index (χ4v) is 2.04. The van der Waals surface area contributed by atoms with E-state index in [2.05, 4.69) is 15.6 Å². The van der Waals surface area contributed by atoms with Crippen LogP contribution in [0, 0.1) is 0 Å². The number of pyridine rings is 1. The van der Waals surface area contributed by atoms with Crippen LogP contribution in [0.25, 0.3) is 0 Å². The highest BCUT2D eigenvalue weighted by atomic mass is 19.4. The number of aromatic nitrogens is 1. The Kier molecular flexibility index (Phi) is 5.97. The minimum atomic E-state index is -4.37. The molecule has 0 bridgehead atoms. The number of anilines is 2. The maximum atomic E-state index is 12.6. The van der Waals surface area contributed by atoms with Crippen LogP contribution in [0.15, 0.2) is 42.7 Å². The molecule has 2 N–H and O–H groups in total. The van der Waals surface area contributed by atoms with Crippen LogP contribution in [0.4, 0.5) is 24.5 Å². The quantitative estimate of drug-likeness (QED) is 0.839. The number of hydrogen-bond donors (Lipinski definition) is 2. The average molecular weight is 352 g/mol. The zero-order chi connectivity index (χ0) is 18.4.